The highest BCUT2D eigenvalue weighted by molar-refractivity contribution is 14.0. The summed E-state index contributed by atoms with van der Waals surface area (Å²) in [5, 5.41) is 7.67. The Balaban J connectivity index is 0.00000243. The van der Waals surface area contributed by atoms with Gasteiger partial charge in [0.2, 0.25) is 0 Å². The number of aryl methyl sites for hydroxylation is 2. The first-order valence-electron chi connectivity index (χ1n) is 8.85. The molecular formula is C19H28IN5O. The molecular weight excluding hydrogens is 441 g/mol. The molecule has 0 saturated carbocycles. The van der Waals surface area contributed by atoms with Crippen molar-refractivity contribution in [3.63, 3.8) is 0 Å². The van der Waals surface area contributed by atoms with Crippen molar-refractivity contribution >= 4 is 29.9 Å². The Morgan fingerprint density at radius 3 is 2.88 bits per heavy atom. The first kappa shape index (κ1) is 20.7. The Morgan fingerprint density at radius 1 is 1.38 bits per heavy atom. The number of ether oxygens (including phenoxy) is 1. The Labute approximate surface area is 172 Å². The molecule has 0 spiro atoms. The molecule has 26 heavy (non-hydrogen) atoms. The zero-order valence-corrected chi connectivity index (χ0v) is 18.0. The van der Waals surface area contributed by atoms with Crippen LogP contribution in [-0.2, 0) is 18.3 Å². The van der Waals surface area contributed by atoms with Crippen molar-refractivity contribution in [2.24, 2.45) is 12.0 Å². The zero-order chi connectivity index (χ0) is 17.6. The summed E-state index contributed by atoms with van der Waals surface area (Å²) >= 11 is 0. The normalized spacial score (nSPS) is 17.7. The summed E-state index contributed by atoms with van der Waals surface area (Å²) in [6, 6.07) is 8.40. The van der Waals surface area contributed by atoms with Crippen LogP contribution >= 0.6 is 24.0 Å². The van der Waals surface area contributed by atoms with Gasteiger partial charge in [0, 0.05) is 31.9 Å². The van der Waals surface area contributed by atoms with E-state index in [0.717, 1.165) is 31.2 Å². The third kappa shape index (κ3) is 5.20. The van der Waals surface area contributed by atoms with Gasteiger partial charge in [-0.15, -0.1) is 24.0 Å². The van der Waals surface area contributed by atoms with Crippen molar-refractivity contribution < 1.29 is 4.74 Å². The van der Waals surface area contributed by atoms with E-state index < -0.39 is 0 Å². The number of benzene rings is 1. The van der Waals surface area contributed by atoms with E-state index in [4.69, 9.17) is 9.73 Å². The van der Waals surface area contributed by atoms with Crippen LogP contribution in [0.1, 0.15) is 29.7 Å². The fourth-order valence-electron chi connectivity index (χ4n) is 3.02. The number of rotatable bonds is 4. The standard InChI is InChI=1S/C19H27N5O.HI/c1-4-20-19(21-11-16-8-6-5-7-15(16)2)24-9-10-25-18(14-24)17-12-22-23(3)13-17;/h5-8,12-13,18H,4,9-11,14H2,1-3H3,(H,20,21);1H. The first-order chi connectivity index (χ1) is 12.2. The largest absolute Gasteiger partial charge is 0.370 e. The summed E-state index contributed by atoms with van der Waals surface area (Å²) in [4.78, 5) is 7.14. The number of halogens is 1. The summed E-state index contributed by atoms with van der Waals surface area (Å²) in [5.41, 5.74) is 3.65. The van der Waals surface area contributed by atoms with E-state index in [9.17, 15) is 0 Å². The van der Waals surface area contributed by atoms with Gasteiger partial charge >= 0.3 is 0 Å². The van der Waals surface area contributed by atoms with Gasteiger partial charge in [-0.3, -0.25) is 4.68 Å². The molecule has 0 bridgehead atoms. The van der Waals surface area contributed by atoms with E-state index >= 15 is 0 Å². The summed E-state index contributed by atoms with van der Waals surface area (Å²) in [6.45, 7) is 8.08. The van der Waals surface area contributed by atoms with Gasteiger partial charge in [0.25, 0.3) is 0 Å². The summed E-state index contributed by atoms with van der Waals surface area (Å²) in [5.74, 6) is 0.947. The quantitative estimate of drug-likeness (QED) is 0.425. The van der Waals surface area contributed by atoms with E-state index in [0.29, 0.717) is 13.2 Å². The van der Waals surface area contributed by atoms with E-state index in [1.165, 1.54) is 11.1 Å². The van der Waals surface area contributed by atoms with E-state index in [1.807, 2.05) is 24.1 Å². The molecule has 1 atom stereocenters. The SMILES string of the molecule is CCNC(=NCc1ccccc1C)N1CCOC(c2cnn(C)c2)C1.I. The van der Waals surface area contributed by atoms with Gasteiger partial charge in [0.05, 0.1) is 25.9 Å². The topological polar surface area (TPSA) is 54.7 Å². The van der Waals surface area contributed by atoms with Gasteiger partial charge in [-0.2, -0.15) is 5.10 Å². The van der Waals surface area contributed by atoms with Gasteiger partial charge in [0.1, 0.15) is 6.10 Å². The fourth-order valence-corrected chi connectivity index (χ4v) is 3.02. The second-order valence-electron chi connectivity index (χ2n) is 6.35. The Hall–Kier alpha value is -1.61. The number of morpholine rings is 1. The van der Waals surface area contributed by atoms with Crippen LogP contribution in [0.2, 0.25) is 0 Å². The average Bonchev–Trinajstić information content (AvgIpc) is 3.06. The minimum absolute atomic E-state index is 0. The number of nitrogens with zero attached hydrogens (tertiary/aromatic N) is 4. The number of aromatic nitrogens is 2. The van der Waals surface area contributed by atoms with Crippen LogP contribution in [0.25, 0.3) is 0 Å². The van der Waals surface area contributed by atoms with Crippen molar-refractivity contribution in [3.05, 3.63) is 53.3 Å². The summed E-state index contributed by atoms with van der Waals surface area (Å²) in [6.07, 6.45) is 3.93. The molecule has 0 aliphatic carbocycles. The third-order valence-electron chi connectivity index (χ3n) is 4.46. The van der Waals surface area contributed by atoms with Crippen LogP contribution in [0.3, 0.4) is 0 Å². The second kappa shape index (κ2) is 9.91. The molecule has 1 aliphatic heterocycles. The number of nitrogens with one attached hydrogen (secondary N) is 1. The highest BCUT2D eigenvalue weighted by Crippen LogP contribution is 2.21. The Bertz CT molecular complexity index is 730. The number of aliphatic imine (C=N–C) groups is 1. The van der Waals surface area contributed by atoms with Gasteiger partial charge in [-0.25, -0.2) is 4.99 Å². The third-order valence-corrected chi connectivity index (χ3v) is 4.46. The first-order valence-corrected chi connectivity index (χ1v) is 8.85. The van der Waals surface area contributed by atoms with Crippen LogP contribution in [0, 0.1) is 6.92 Å². The van der Waals surface area contributed by atoms with E-state index in [-0.39, 0.29) is 30.1 Å². The maximum atomic E-state index is 5.94. The minimum Gasteiger partial charge on any atom is -0.370 e. The van der Waals surface area contributed by atoms with Crippen LogP contribution in [0.4, 0.5) is 0 Å². The van der Waals surface area contributed by atoms with Crippen molar-refractivity contribution in [1.82, 2.24) is 20.0 Å². The predicted octanol–water partition coefficient (Wildman–Crippen LogP) is 2.89. The molecule has 1 unspecified atom stereocenters. The fraction of sp³-hybridized carbons (Fsp3) is 0.474. The highest BCUT2D eigenvalue weighted by atomic mass is 127. The molecule has 2 heterocycles. The molecule has 3 rings (SSSR count). The summed E-state index contributed by atoms with van der Waals surface area (Å²) < 4.78 is 7.75. The molecule has 1 saturated heterocycles. The average molecular weight is 469 g/mol. The van der Waals surface area contributed by atoms with Gasteiger partial charge in [0.15, 0.2) is 5.96 Å². The molecule has 1 N–H and O–H groups in total. The Morgan fingerprint density at radius 2 is 2.19 bits per heavy atom. The van der Waals surface area contributed by atoms with Crippen LogP contribution in [0.5, 0.6) is 0 Å². The molecule has 1 aromatic heterocycles. The van der Waals surface area contributed by atoms with Gasteiger partial charge in [-0.05, 0) is 25.0 Å². The number of hydrogen-bond acceptors (Lipinski definition) is 3. The lowest BCUT2D eigenvalue weighted by Gasteiger charge is -2.34. The molecule has 0 radical (unpaired) electrons. The van der Waals surface area contributed by atoms with Gasteiger partial charge in [-0.1, -0.05) is 24.3 Å². The van der Waals surface area contributed by atoms with Crippen LogP contribution < -0.4 is 5.32 Å². The lowest BCUT2D eigenvalue weighted by molar-refractivity contribution is -0.00805. The lowest BCUT2D eigenvalue weighted by Crippen LogP contribution is -2.48. The molecule has 1 aliphatic rings. The molecule has 1 fully saturated rings. The number of hydrogen-bond donors (Lipinski definition) is 1. The second-order valence-corrected chi connectivity index (χ2v) is 6.35. The monoisotopic (exact) mass is 469 g/mol. The molecule has 6 nitrogen and oxygen atoms in total. The van der Waals surface area contributed by atoms with Crippen LogP contribution in [-0.4, -0.2) is 46.9 Å². The molecule has 7 heteroatoms. The van der Waals surface area contributed by atoms with Crippen LogP contribution in [0.15, 0.2) is 41.7 Å². The predicted molar refractivity (Wildman–Crippen MR) is 115 cm³/mol. The highest BCUT2D eigenvalue weighted by Gasteiger charge is 2.25. The zero-order valence-electron chi connectivity index (χ0n) is 15.7. The molecule has 142 valence electrons. The molecule has 0 amide bonds. The van der Waals surface area contributed by atoms with Crippen molar-refractivity contribution in [3.8, 4) is 0 Å². The van der Waals surface area contributed by atoms with E-state index in [2.05, 4.69) is 53.4 Å². The van der Waals surface area contributed by atoms with E-state index in [1.54, 1.807) is 0 Å². The van der Waals surface area contributed by atoms with Crippen molar-refractivity contribution in [1.29, 1.82) is 0 Å². The maximum Gasteiger partial charge on any atom is 0.194 e. The van der Waals surface area contributed by atoms with Gasteiger partial charge < -0.3 is 15.0 Å². The Kier molecular flexibility index (Phi) is 7.89. The molecule has 2 aromatic rings. The maximum absolute atomic E-state index is 5.94. The minimum atomic E-state index is 0. The smallest absolute Gasteiger partial charge is 0.194 e. The summed E-state index contributed by atoms with van der Waals surface area (Å²) in [7, 11) is 1.93. The molecule has 1 aromatic carbocycles. The number of guanidine groups is 1. The lowest BCUT2D eigenvalue weighted by atomic mass is 10.1. The van der Waals surface area contributed by atoms with Crippen molar-refractivity contribution in [2.75, 3.05) is 26.2 Å². The van der Waals surface area contributed by atoms with Crippen molar-refractivity contribution in [2.45, 2.75) is 26.5 Å².